The van der Waals surface area contributed by atoms with Crippen LogP contribution in [0.1, 0.15) is 19.8 Å². The van der Waals surface area contributed by atoms with E-state index >= 15 is 0 Å². The highest BCUT2D eigenvalue weighted by Gasteiger charge is 2.08. The molecule has 0 amide bonds. The number of rotatable bonds is 3. The summed E-state index contributed by atoms with van der Waals surface area (Å²) in [5.41, 5.74) is 0. The van der Waals surface area contributed by atoms with Crippen molar-refractivity contribution in [3.63, 3.8) is 0 Å². The summed E-state index contributed by atoms with van der Waals surface area (Å²) in [7, 11) is 0. The predicted octanol–water partition coefficient (Wildman–Crippen LogP) is 0.675. The molecule has 0 aromatic heterocycles. The fourth-order valence-electron chi connectivity index (χ4n) is 1.12. The van der Waals surface area contributed by atoms with E-state index in [2.05, 4.69) is 17.5 Å². The maximum absolute atomic E-state index is 8.93. The maximum atomic E-state index is 8.93. The zero-order chi connectivity index (χ0) is 7.40. The Morgan fingerprint density at radius 3 is 2.70 bits per heavy atom. The molecular formula is C8H15NO. The van der Waals surface area contributed by atoms with Crippen molar-refractivity contribution in [2.75, 3.05) is 6.54 Å². The minimum Gasteiger partial charge on any atom is -0.392 e. The second kappa shape index (κ2) is 3.74. The minimum absolute atomic E-state index is 0.222. The molecule has 0 unspecified atom stereocenters. The number of aliphatic hydroxyl groups excluding tert-OH is 1. The zero-order valence-corrected chi connectivity index (χ0v) is 6.38. The van der Waals surface area contributed by atoms with Crippen molar-refractivity contribution in [2.24, 2.45) is 0 Å². The molecule has 0 fully saturated rings. The Morgan fingerprint density at radius 1 is 1.60 bits per heavy atom. The Kier molecular flexibility index (Phi) is 2.90. The second-order valence-corrected chi connectivity index (χ2v) is 2.90. The van der Waals surface area contributed by atoms with Crippen LogP contribution in [0.3, 0.4) is 0 Å². The summed E-state index contributed by atoms with van der Waals surface area (Å²) in [4.78, 5) is 0. The van der Waals surface area contributed by atoms with Gasteiger partial charge >= 0.3 is 0 Å². The normalized spacial score (nSPS) is 21.8. The van der Waals surface area contributed by atoms with Crippen molar-refractivity contribution in [1.82, 2.24) is 5.32 Å². The van der Waals surface area contributed by atoms with Gasteiger partial charge in [-0.3, -0.25) is 0 Å². The fourth-order valence-corrected chi connectivity index (χ4v) is 1.12. The van der Waals surface area contributed by atoms with E-state index in [1.807, 2.05) is 0 Å². The Balaban J connectivity index is 2.03. The lowest BCUT2D eigenvalue weighted by Crippen LogP contribution is -2.32. The third-order valence-electron chi connectivity index (χ3n) is 1.71. The molecule has 1 rings (SSSR count). The van der Waals surface area contributed by atoms with Crippen LogP contribution in [0.15, 0.2) is 12.2 Å². The van der Waals surface area contributed by atoms with Crippen molar-refractivity contribution in [1.29, 1.82) is 0 Å². The van der Waals surface area contributed by atoms with Gasteiger partial charge in [0.1, 0.15) is 0 Å². The molecule has 2 N–H and O–H groups in total. The van der Waals surface area contributed by atoms with Gasteiger partial charge in [0.25, 0.3) is 0 Å². The van der Waals surface area contributed by atoms with Gasteiger partial charge < -0.3 is 10.4 Å². The van der Waals surface area contributed by atoms with E-state index in [4.69, 9.17) is 5.11 Å². The number of hydrogen-bond donors (Lipinski definition) is 2. The number of nitrogens with one attached hydrogen (secondary N) is 1. The third kappa shape index (κ3) is 2.50. The van der Waals surface area contributed by atoms with Crippen LogP contribution in [0.2, 0.25) is 0 Å². The van der Waals surface area contributed by atoms with Gasteiger partial charge in [-0.15, -0.1) is 0 Å². The van der Waals surface area contributed by atoms with Gasteiger partial charge in [0.05, 0.1) is 6.10 Å². The lowest BCUT2D eigenvalue weighted by Gasteiger charge is -2.12. The molecule has 0 aliphatic heterocycles. The second-order valence-electron chi connectivity index (χ2n) is 2.90. The van der Waals surface area contributed by atoms with Gasteiger partial charge in [0.15, 0.2) is 0 Å². The summed E-state index contributed by atoms with van der Waals surface area (Å²) >= 11 is 0. The van der Waals surface area contributed by atoms with Crippen LogP contribution in [-0.2, 0) is 0 Å². The molecule has 10 heavy (non-hydrogen) atoms. The highest BCUT2D eigenvalue weighted by Crippen LogP contribution is 2.08. The predicted molar refractivity (Wildman–Crippen MR) is 41.8 cm³/mol. The van der Waals surface area contributed by atoms with E-state index in [0.717, 1.165) is 12.8 Å². The quantitative estimate of drug-likeness (QED) is 0.566. The van der Waals surface area contributed by atoms with Gasteiger partial charge in [0, 0.05) is 12.6 Å². The van der Waals surface area contributed by atoms with Crippen molar-refractivity contribution in [3.05, 3.63) is 12.2 Å². The lowest BCUT2D eigenvalue weighted by atomic mass is 10.2. The molecule has 2 heteroatoms. The SMILES string of the molecule is C[C@@H](O)CNC1CC=CC1. The van der Waals surface area contributed by atoms with Crippen molar-refractivity contribution >= 4 is 0 Å². The first-order valence-electron chi connectivity index (χ1n) is 3.85. The summed E-state index contributed by atoms with van der Waals surface area (Å²) in [5.74, 6) is 0. The van der Waals surface area contributed by atoms with Crippen LogP contribution in [-0.4, -0.2) is 23.8 Å². The van der Waals surface area contributed by atoms with E-state index in [-0.39, 0.29) is 6.10 Å². The Labute approximate surface area is 61.9 Å². The molecule has 2 nitrogen and oxygen atoms in total. The summed E-state index contributed by atoms with van der Waals surface area (Å²) in [6, 6.07) is 0.578. The highest BCUT2D eigenvalue weighted by molar-refractivity contribution is 4.97. The highest BCUT2D eigenvalue weighted by atomic mass is 16.3. The molecule has 0 aromatic carbocycles. The van der Waals surface area contributed by atoms with Gasteiger partial charge in [-0.2, -0.15) is 0 Å². The molecule has 0 bridgehead atoms. The Hall–Kier alpha value is -0.340. The van der Waals surface area contributed by atoms with Crippen LogP contribution in [0.25, 0.3) is 0 Å². The van der Waals surface area contributed by atoms with E-state index in [1.54, 1.807) is 6.92 Å². The standard InChI is InChI=1S/C8H15NO/c1-7(10)6-9-8-4-2-3-5-8/h2-3,7-10H,4-6H2,1H3/t7-/m1/s1. The summed E-state index contributed by atoms with van der Waals surface area (Å²) in [5, 5.41) is 12.2. The maximum Gasteiger partial charge on any atom is 0.0636 e. The van der Waals surface area contributed by atoms with Crippen LogP contribution >= 0.6 is 0 Å². The van der Waals surface area contributed by atoms with Crippen LogP contribution in [0, 0.1) is 0 Å². The molecule has 0 saturated heterocycles. The lowest BCUT2D eigenvalue weighted by molar-refractivity contribution is 0.186. The van der Waals surface area contributed by atoms with Gasteiger partial charge in [-0.25, -0.2) is 0 Å². The topological polar surface area (TPSA) is 32.3 Å². The average Bonchev–Trinajstić information content (AvgIpc) is 2.34. The van der Waals surface area contributed by atoms with Gasteiger partial charge in [0.2, 0.25) is 0 Å². The van der Waals surface area contributed by atoms with Crippen molar-refractivity contribution in [3.8, 4) is 0 Å². The number of hydrogen-bond acceptors (Lipinski definition) is 2. The van der Waals surface area contributed by atoms with Crippen LogP contribution in [0.5, 0.6) is 0 Å². The first kappa shape index (κ1) is 7.76. The van der Waals surface area contributed by atoms with Crippen molar-refractivity contribution < 1.29 is 5.11 Å². The molecule has 0 saturated carbocycles. The molecule has 1 atom stereocenters. The van der Waals surface area contributed by atoms with Gasteiger partial charge in [-0.1, -0.05) is 12.2 Å². The first-order valence-corrected chi connectivity index (χ1v) is 3.85. The number of aliphatic hydroxyl groups is 1. The third-order valence-corrected chi connectivity index (χ3v) is 1.71. The molecule has 0 heterocycles. The molecule has 0 spiro atoms. The van der Waals surface area contributed by atoms with E-state index in [0.29, 0.717) is 12.6 Å². The van der Waals surface area contributed by atoms with Crippen molar-refractivity contribution in [2.45, 2.75) is 31.9 Å². The Morgan fingerprint density at radius 2 is 2.20 bits per heavy atom. The molecule has 58 valence electrons. The summed E-state index contributed by atoms with van der Waals surface area (Å²) in [6.45, 7) is 2.52. The minimum atomic E-state index is -0.222. The first-order chi connectivity index (χ1) is 4.79. The zero-order valence-electron chi connectivity index (χ0n) is 6.38. The molecule has 1 aliphatic carbocycles. The molecule has 0 aromatic rings. The molecule has 0 radical (unpaired) electrons. The molecular weight excluding hydrogens is 126 g/mol. The Bertz CT molecular complexity index is 112. The average molecular weight is 141 g/mol. The largest absolute Gasteiger partial charge is 0.392 e. The van der Waals surface area contributed by atoms with Gasteiger partial charge in [-0.05, 0) is 19.8 Å². The monoisotopic (exact) mass is 141 g/mol. The summed E-state index contributed by atoms with van der Waals surface area (Å²) in [6.07, 6.45) is 6.37. The van der Waals surface area contributed by atoms with Crippen LogP contribution < -0.4 is 5.32 Å². The fraction of sp³-hybridized carbons (Fsp3) is 0.750. The molecule has 1 aliphatic rings. The smallest absolute Gasteiger partial charge is 0.0636 e. The summed E-state index contributed by atoms with van der Waals surface area (Å²) < 4.78 is 0. The van der Waals surface area contributed by atoms with Crippen LogP contribution in [0.4, 0.5) is 0 Å². The van der Waals surface area contributed by atoms with E-state index < -0.39 is 0 Å². The van der Waals surface area contributed by atoms with E-state index in [1.165, 1.54) is 0 Å². The van der Waals surface area contributed by atoms with E-state index in [9.17, 15) is 0 Å².